The average molecular weight is 855 g/mol. The molecular weight excluding hydrogens is 766 g/mol. The van der Waals surface area contributed by atoms with Gasteiger partial charge in [-0.2, -0.15) is 0 Å². The summed E-state index contributed by atoms with van der Waals surface area (Å²) in [5, 5.41) is 0. The summed E-state index contributed by atoms with van der Waals surface area (Å²) in [6, 6.07) is 0. The van der Waals surface area contributed by atoms with Crippen LogP contribution in [0.3, 0.4) is 0 Å². The minimum atomic E-state index is -4.38. The van der Waals surface area contributed by atoms with Gasteiger partial charge in [0.05, 0.1) is 40.0 Å². The molecule has 1 saturated heterocycles. The van der Waals surface area contributed by atoms with Crippen LogP contribution in [0.1, 0.15) is 194 Å². The van der Waals surface area contributed by atoms with E-state index in [-0.39, 0.29) is 32.0 Å². The van der Waals surface area contributed by atoms with Gasteiger partial charge in [0.2, 0.25) is 0 Å². The first-order chi connectivity index (χ1) is 28.5. The third-order valence-electron chi connectivity index (χ3n) is 10.6. The van der Waals surface area contributed by atoms with E-state index in [1.165, 1.54) is 83.5 Å². The lowest BCUT2D eigenvalue weighted by Gasteiger charge is -2.24. The Hall–Kier alpha value is -1.81. The molecule has 0 aromatic heterocycles. The number of nitrogens with zero attached hydrogens (tertiary/aromatic N) is 1. The summed E-state index contributed by atoms with van der Waals surface area (Å²) < 4.78 is 40.1. The largest absolute Gasteiger partial charge is 0.472 e. The van der Waals surface area contributed by atoms with Gasteiger partial charge in [-0.3, -0.25) is 18.6 Å². The van der Waals surface area contributed by atoms with Crippen molar-refractivity contribution in [3.05, 3.63) is 36.5 Å². The molecule has 11 heteroatoms. The van der Waals surface area contributed by atoms with Gasteiger partial charge in [-0.25, -0.2) is 4.57 Å². The zero-order valence-electron chi connectivity index (χ0n) is 38.4. The van der Waals surface area contributed by atoms with Crippen LogP contribution >= 0.6 is 7.82 Å². The van der Waals surface area contributed by atoms with Crippen molar-refractivity contribution in [2.24, 2.45) is 0 Å². The summed E-state index contributed by atoms with van der Waals surface area (Å²) in [5.41, 5.74) is 0. The van der Waals surface area contributed by atoms with Crippen LogP contribution in [0.15, 0.2) is 36.5 Å². The number of allylic oxidation sites excluding steroid dienone is 5. The van der Waals surface area contributed by atoms with E-state index in [1.807, 2.05) is 21.1 Å². The molecule has 1 fully saturated rings. The van der Waals surface area contributed by atoms with Crippen LogP contribution < -0.4 is 0 Å². The highest BCUT2D eigenvalue weighted by Crippen LogP contribution is 2.43. The third kappa shape index (κ3) is 37.7. The molecule has 0 aliphatic carbocycles. The fourth-order valence-corrected chi connectivity index (χ4v) is 7.44. The molecule has 4 atom stereocenters. The molecule has 0 spiro atoms. The number of hydrogen-bond donors (Lipinski definition) is 1. The number of carbonyl (C=O) groups is 2. The maximum Gasteiger partial charge on any atom is 0.472 e. The normalized spacial score (nSPS) is 17.3. The van der Waals surface area contributed by atoms with E-state index in [2.05, 4.69) is 50.3 Å². The van der Waals surface area contributed by atoms with E-state index < -0.39 is 26.5 Å². The minimum absolute atomic E-state index is 0.0259. The Bertz CT molecular complexity index is 1170. The lowest BCUT2D eigenvalue weighted by atomic mass is 10.1. The van der Waals surface area contributed by atoms with Gasteiger partial charge < -0.3 is 23.6 Å². The summed E-state index contributed by atoms with van der Waals surface area (Å²) in [6.07, 6.45) is 43.5. The summed E-state index contributed by atoms with van der Waals surface area (Å²) >= 11 is 0. The Morgan fingerprint density at radius 2 is 1.14 bits per heavy atom. The van der Waals surface area contributed by atoms with E-state index in [9.17, 15) is 19.0 Å². The van der Waals surface area contributed by atoms with Crippen molar-refractivity contribution in [3.63, 3.8) is 0 Å². The van der Waals surface area contributed by atoms with Crippen molar-refractivity contribution < 1.29 is 46.8 Å². The van der Waals surface area contributed by atoms with Crippen LogP contribution in [0.4, 0.5) is 0 Å². The predicted octanol–water partition coefficient (Wildman–Crippen LogP) is 12.7. The van der Waals surface area contributed by atoms with Crippen LogP contribution in [0, 0.1) is 0 Å². The van der Waals surface area contributed by atoms with Crippen LogP contribution in [0.25, 0.3) is 0 Å². The molecule has 3 unspecified atom stereocenters. The van der Waals surface area contributed by atoms with E-state index in [4.69, 9.17) is 23.3 Å². The standard InChI is InChI=1S/C48H88NO9P/c1-6-8-10-11-12-13-14-15-16-17-18-19-20-21-22-23-28-31-35-39-48(51)57-44(43-56-59(52,53)55-41-40-49(3,4)5)42-54-47(50)38-34-30-27-25-24-26-29-33-37-46-45(58-46)36-32-9-7-2/h12-13,15-16,29,33,44-46H,6-11,14,17-28,30-32,34-43H2,1-5H3/p+1/b13-12-,16-15-,33-29-/t44-,45?,46?/m1/s1. The van der Waals surface area contributed by atoms with Crippen LogP contribution in [-0.4, -0.2) is 87.1 Å². The lowest BCUT2D eigenvalue weighted by Crippen LogP contribution is -2.37. The monoisotopic (exact) mass is 855 g/mol. The second kappa shape index (κ2) is 36.8. The average Bonchev–Trinajstić information content (AvgIpc) is 3.94. The van der Waals surface area contributed by atoms with Gasteiger partial charge in [0, 0.05) is 12.8 Å². The molecule has 1 heterocycles. The Morgan fingerprint density at radius 1 is 0.627 bits per heavy atom. The van der Waals surface area contributed by atoms with E-state index in [1.54, 1.807) is 0 Å². The van der Waals surface area contributed by atoms with Gasteiger partial charge in [0.15, 0.2) is 6.10 Å². The molecular formula is C48H89NO9P+. The van der Waals surface area contributed by atoms with E-state index in [0.717, 1.165) is 77.0 Å². The number of quaternary nitrogens is 1. The molecule has 10 nitrogen and oxygen atoms in total. The van der Waals surface area contributed by atoms with Crippen LogP contribution in [0.2, 0.25) is 0 Å². The fraction of sp³-hybridized carbons (Fsp3) is 0.833. The number of unbranched alkanes of at least 4 members (excludes halogenated alkanes) is 19. The van der Waals surface area contributed by atoms with Crippen molar-refractivity contribution >= 4 is 19.8 Å². The minimum Gasteiger partial charge on any atom is -0.462 e. The Morgan fingerprint density at radius 3 is 1.71 bits per heavy atom. The van der Waals surface area contributed by atoms with Crippen molar-refractivity contribution in [3.8, 4) is 0 Å². The van der Waals surface area contributed by atoms with E-state index in [0.29, 0.717) is 29.7 Å². The molecule has 1 N–H and O–H groups in total. The van der Waals surface area contributed by atoms with Crippen molar-refractivity contribution in [1.29, 1.82) is 0 Å². The van der Waals surface area contributed by atoms with Crippen molar-refractivity contribution in [2.45, 2.75) is 212 Å². The molecule has 0 aromatic rings. The number of phosphoric acid groups is 1. The maximum atomic E-state index is 12.7. The first-order valence-corrected chi connectivity index (χ1v) is 25.3. The molecule has 0 saturated carbocycles. The SMILES string of the molecule is CCCCC/C=C\C/C=C\CCCCCCCCCCCC(=O)O[C@H](COC(=O)CCCCCCC/C=C\CC1OC1CCCCC)COP(=O)(O)OCC[N+](C)(C)C. The number of ether oxygens (including phenoxy) is 3. The second-order valence-corrected chi connectivity index (χ2v) is 19.0. The summed E-state index contributed by atoms with van der Waals surface area (Å²) in [6.45, 7) is 4.35. The summed E-state index contributed by atoms with van der Waals surface area (Å²) in [5.74, 6) is -0.823. The number of phosphoric ester groups is 1. The van der Waals surface area contributed by atoms with Crippen molar-refractivity contribution in [2.75, 3.05) is 47.5 Å². The first kappa shape index (κ1) is 55.2. The van der Waals surface area contributed by atoms with Crippen LogP contribution in [0.5, 0.6) is 0 Å². The lowest BCUT2D eigenvalue weighted by molar-refractivity contribution is -0.870. The summed E-state index contributed by atoms with van der Waals surface area (Å²) in [7, 11) is 1.46. The number of rotatable bonds is 42. The Kier molecular flexibility index (Phi) is 34.4. The van der Waals surface area contributed by atoms with Gasteiger partial charge >= 0.3 is 19.8 Å². The fourth-order valence-electron chi connectivity index (χ4n) is 6.70. The van der Waals surface area contributed by atoms with Gasteiger partial charge in [-0.1, -0.05) is 147 Å². The van der Waals surface area contributed by atoms with Gasteiger partial charge in [-0.15, -0.1) is 0 Å². The molecule has 0 bridgehead atoms. The first-order valence-electron chi connectivity index (χ1n) is 23.8. The van der Waals surface area contributed by atoms with Crippen molar-refractivity contribution in [1.82, 2.24) is 0 Å². The highest BCUT2D eigenvalue weighted by Gasteiger charge is 2.36. The molecule has 0 aromatic carbocycles. The van der Waals surface area contributed by atoms with Crippen LogP contribution in [-0.2, 0) is 37.4 Å². The number of carbonyl (C=O) groups excluding carboxylic acids is 2. The number of likely N-dealkylation sites (N-methyl/N-ethyl adjacent to an activating group) is 1. The predicted molar refractivity (Wildman–Crippen MR) is 242 cm³/mol. The van der Waals surface area contributed by atoms with E-state index >= 15 is 0 Å². The maximum absolute atomic E-state index is 12.7. The highest BCUT2D eigenvalue weighted by atomic mass is 31.2. The molecule has 1 aliphatic heterocycles. The number of esters is 2. The Labute approximate surface area is 361 Å². The number of hydrogen-bond acceptors (Lipinski definition) is 8. The zero-order valence-corrected chi connectivity index (χ0v) is 39.3. The molecule has 0 radical (unpaired) electrons. The van der Waals surface area contributed by atoms with Gasteiger partial charge in [0.25, 0.3) is 0 Å². The van der Waals surface area contributed by atoms with Gasteiger partial charge in [0.1, 0.15) is 19.8 Å². The molecule has 59 heavy (non-hydrogen) atoms. The smallest absolute Gasteiger partial charge is 0.462 e. The zero-order chi connectivity index (χ0) is 43.3. The highest BCUT2D eigenvalue weighted by molar-refractivity contribution is 7.47. The Balaban J connectivity index is 2.24. The quantitative estimate of drug-likeness (QED) is 0.0160. The molecule has 0 amide bonds. The summed E-state index contributed by atoms with van der Waals surface area (Å²) in [4.78, 5) is 35.5. The third-order valence-corrected chi connectivity index (χ3v) is 11.6. The topological polar surface area (TPSA) is 121 Å². The number of epoxide rings is 1. The molecule has 344 valence electrons. The van der Waals surface area contributed by atoms with Gasteiger partial charge in [-0.05, 0) is 70.6 Å². The molecule has 1 rings (SSSR count). The molecule has 1 aliphatic rings. The second-order valence-electron chi connectivity index (χ2n) is 17.5.